The molecular weight excluding hydrogens is 274 g/mol. The number of rotatable bonds is 5. The molecule has 1 heterocycles. The lowest BCUT2D eigenvalue weighted by Crippen LogP contribution is -2.48. The lowest BCUT2D eigenvalue weighted by Gasteiger charge is -2.27. The van der Waals surface area contributed by atoms with E-state index in [1.807, 2.05) is 0 Å². The third-order valence-electron chi connectivity index (χ3n) is 2.94. The van der Waals surface area contributed by atoms with Gasteiger partial charge in [0.05, 0.1) is 11.5 Å². The fourth-order valence-electron chi connectivity index (χ4n) is 1.93. The van der Waals surface area contributed by atoms with Crippen molar-refractivity contribution in [2.45, 2.75) is 18.9 Å². The van der Waals surface area contributed by atoms with Crippen molar-refractivity contribution in [2.24, 2.45) is 5.92 Å². The van der Waals surface area contributed by atoms with Crippen molar-refractivity contribution in [1.82, 2.24) is 5.32 Å². The molecule has 108 valence electrons. The summed E-state index contributed by atoms with van der Waals surface area (Å²) in [6.07, 6.45) is 0.964. The van der Waals surface area contributed by atoms with Crippen LogP contribution in [0.4, 0.5) is 4.79 Å². The van der Waals surface area contributed by atoms with Gasteiger partial charge in [-0.05, 0) is 18.8 Å². The Morgan fingerprint density at radius 1 is 1.42 bits per heavy atom. The minimum Gasteiger partial charge on any atom is -0.480 e. The molecule has 0 aromatic heterocycles. The van der Waals surface area contributed by atoms with E-state index in [0.717, 1.165) is 0 Å². The first kappa shape index (κ1) is 15.5. The second-order valence-electron chi connectivity index (χ2n) is 4.34. The van der Waals surface area contributed by atoms with Gasteiger partial charge in [-0.2, -0.15) is 0 Å². The van der Waals surface area contributed by atoms with Gasteiger partial charge in [0.2, 0.25) is 0 Å². The zero-order valence-corrected chi connectivity index (χ0v) is 11.2. The van der Waals surface area contributed by atoms with Crippen LogP contribution in [0.1, 0.15) is 12.8 Å². The molecule has 1 saturated heterocycles. The van der Waals surface area contributed by atoms with Crippen LogP contribution in [-0.4, -0.2) is 49.7 Å². The van der Waals surface area contributed by atoms with Crippen molar-refractivity contribution in [1.29, 1.82) is 0 Å². The number of carbonyl (C=O) groups is 2. The van der Waals surface area contributed by atoms with Crippen molar-refractivity contribution in [3.8, 4) is 0 Å². The molecule has 1 rings (SSSR count). The van der Waals surface area contributed by atoms with E-state index in [0.29, 0.717) is 0 Å². The van der Waals surface area contributed by atoms with Crippen LogP contribution in [0.3, 0.4) is 0 Å². The van der Waals surface area contributed by atoms with Gasteiger partial charge in [0.15, 0.2) is 0 Å². The first-order valence-electron chi connectivity index (χ1n) is 5.83. The van der Waals surface area contributed by atoms with E-state index >= 15 is 0 Å². The molecule has 0 aromatic rings. The van der Waals surface area contributed by atoms with Gasteiger partial charge in [-0.15, -0.1) is 0 Å². The largest absolute Gasteiger partial charge is 0.480 e. The molecule has 1 amide bonds. The monoisotopic (exact) mass is 291 g/mol. The normalized spacial score (nSPS) is 20.2. The van der Waals surface area contributed by atoms with Crippen molar-refractivity contribution in [3.63, 3.8) is 0 Å². The molecule has 7 nitrogen and oxygen atoms in total. The SMILES string of the molecule is C=CCOC(=O)NC(C(=O)O)C1CCS(=O)(=O)CC1. The molecule has 1 aliphatic heterocycles. The minimum atomic E-state index is -3.07. The molecule has 0 spiro atoms. The van der Waals surface area contributed by atoms with Crippen molar-refractivity contribution in [3.05, 3.63) is 12.7 Å². The van der Waals surface area contributed by atoms with Gasteiger partial charge < -0.3 is 15.2 Å². The second-order valence-corrected chi connectivity index (χ2v) is 6.64. The van der Waals surface area contributed by atoms with Crippen LogP contribution in [-0.2, 0) is 19.4 Å². The summed E-state index contributed by atoms with van der Waals surface area (Å²) in [5.74, 6) is -1.70. The van der Waals surface area contributed by atoms with Gasteiger partial charge >= 0.3 is 12.1 Å². The maximum atomic E-state index is 11.3. The Balaban J connectivity index is 2.61. The van der Waals surface area contributed by atoms with Crippen LogP contribution in [0, 0.1) is 5.92 Å². The molecular formula is C11H17NO6S. The van der Waals surface area contributed by atoms with Crippen LogP contribution in [0.25, 0.3) is 0 Å². The lowest BCUT2D eigenvalue weighted by molar-refractivity contribution is -0.141. The number of hydrogen-bond acceptors (Lipinski definition) is 5. The molecule has 0 saturated carbocycles. The average Bonchev–Trinajstić information content (AvgIpc) is 2.33. The third kappa shape index (κ3) is 4.90. The van der Waals surface area contributed by atoms with Crippen LogP contribution < -0.4 is 5.32 Å². The third-order valence-corrected chi connectivity index (χ3v) is 4.66. The fourth-order valence-corrected chi connectivity index (χ4v) is 3.45. The molecule has 0 aliphatic carbocycles. The molecule has 19 heavy (non-hydrogen) atoms. The maximum absolute atomic E-state index is 11.3. The number of ether oxygens (including phenoxy) is 1. The average molecular weight is 291 g/mol. The summed E-state index contributed by atoms with van der Waals surface area (Å²) in [5.41, 5.74) is 0. The number of hydrogen-bond donors (Lipinski definition) is 2. The molecule has 1 aliphatic rings. The van der Waals surface area contributed by atoms with Crippen molar-refractivity contribution >= 4 is 21.9 Å². The number of aliphatic carboxylic acids is 1. The van der Waals surface area contributed by atoms with E-state index in [2.05, 4.69) is 16.6 Å². The van der Waals surface area contributed by atoms with E-state index in [1.165, 1.54) is 6.08 Å². The van der Waals surface area contributed by atoms with Crippen LogP contribution >= 0.6 is 0 Å². The minimum absolute atomic E-state index is 0.0166. The van der Waals surface area contributed by atoms with Gasteiger partial charge in [0, 0.05) is 0 Å². The predicted molar refractivity (Wildman–Crippen MR) is 67.5 cm³/mol. The van der Waals surface area contributed by atoms with E-state index in [4.69, 9.17) is 5.11 Å². The van der Waals surface area contributed by atoms with Crippen molar-refractivity contribution in [2.75, 3.05) is 18.1 Å². The van der Waals surface area contributed by atoms with Gasteiger partial charge in [-0.25, -0.2) is 18.0 Å². The van der Waals surface area contributed by atoms with Gasteiger partial charge in [-0.1, -0.05) is 12.7 Å². The fraction of sp³-hybridized carbons (Fsp3) is 0.636. The predicted octanol–water partition coefficient (Wildman–Crippen LogP) is 0.177. The highest BCUT2D eigenvalue weighted by molar-refractivity contribution is 7.91. The Hall–Kier alpha value is -1.57. The number of sulfone groups is 1. The van der Waals surface area contributed by atoms with Crippen molar-refractivity contribution < 1.29 is 27.9 Å². The Kier molecular flexibility index (Phi) is 5.34. The number of carbonyl (C=O) groups excluding carboxylic acids is 1. The first-order valence-corrected chi connectivity index (χ1v) is 7.65. The summed E-state index contributed by atoms with van der Waals surface area (Å²) in [4.78, 5) is 22.5. The zero-order valence-electron chi connectivity index (χ0n) is 10.4. The van der Waals surface area contributed by atoms with E-state index in [1.54, 1.807) is 0 Å². The summed E-state index contributed by atoms with van der Waals surface area (Å²) in [6, 6.07) is -1.13. The molecule has 1 atom stereocenters. The number of carboxylic acids is 1. The quantitative estimate of drug-likeness (QED) is 0.699. The van der Waals surface area contributed by atoms with E-state index in [-0.39, 0.29) is 31.0 Å². The Labute approximate surface area is 111 Å². The smallest absolute Gasteiger partial charge is 0.408 e. The Morgan fingerprint density at radius 2 is 2.00 bits per heavy atom. The highest BCUT2D eigenvalue weighted by Crippen LogP contribution is 2.22. The Morgan fingerprint density at radius 3 is 2.47 bits per heavy atom. The van der Waals surface area contributed by atoms with Gasteiger partial charge in [0.1, 0.15) is 22.5 Å². The van der Waals surface area contributed by atoms with Crippen LogP contribution in [0.5, 0.6) is 0 Å². The molecule has 1 fully saturated rings. The molecule has 0 radical (unpaired) electrons. The number of alkyl carbamates (subject to hydrolysis) is 1. The number of amides is 1. The summed E-state index contributed by atoms with van der Waals surface area (Å²) < 4.78 is 27.2. The second kappa shape index (κ2) is 6.55. The van der Waals surface area contributed by atoms with Gasteiger partial charge in [0.25, 0.3) is 0 Å². The summed E-state index contributed by atoms with van der Waals surface area (Å²) in [7, 11) is -3.07. The number of nitrogens with one attached hydrogen (secondary N) is 1. The first-order chi connectivity index (χ1) is 8.85. The summed E-state index contributed by atoms with van der Waals surface area (Å²) >= 11 is 0. The maximum Gasteiger partial charge on any atom is 0.408 e. The highest BCUT2D eigenvalue weighted by atomic mass is 32.2. The zero-order chi connectivity index (χ0) is 14.5. The van der Waals surface area contributed by atoms with Crippen LogP contribution in [0.2, 0.25) is 0 Å². The molecule has 0 aromatic carbocycles. The van der Waals surface area contributed by atoms with Gasteiger partial charge in [-0.3, -0.25) is 0 Å². The van der Waals surface area contributed by atoms with E-state index in [9.17, 15) is 18.0 Å². The topological polar surface area (TPSA) is 110 Å². The van der Waals surface area contributed by atoms with Crippen LogP contribution in [0.15, 0.2) is 12.7 Å². The molecule has 8 heteroatoms. The van der Waals surface area contributed by atoms with E-state index < -0.39 is 33.9 Å². The number of carboxylic acid groups (broad SMARTS) is 1. The standard InChI is InChI=1S/C11H17NO6S/c1-2-5-18-11(15)12-9(10(13)14)8-3-6-19(16,17)7-4-8/h2,8-9H,1,3-7H2,(H,12,15)(H,13,14). The summed E-state index contributed by atoms with van der Waals surface area (Å²) in [6.45, 7) is 3.35. The molecule has 2 N–H and O–H groups in total. The molecule has 1 unspecified atom stereocenters. The lowest BCUT2D eigenvalue weighted by atomic mass is 9.94. The molecule has 0 bridgehead atoms. The summed E-state index contributed by atoms with van der Waals surface area (Å²) in [5, 5.41) is 11.3. The Bertz CT molecular complexity index is 444. The highest BCUT2D eigenvalue weighted by Gasteiger charge is 2.34.